The van der Waals surface area contributed by atoms with Crippen LogP contribution in [0.3, 0.4) is 0 Å². The fourth-order valence-electron chi connectivity index (χ4n) is 3.02. The van der Waals surface area contributed by atoms with Gasteiger partial charge in [-0.25, -0.2) is 10.2 Å². The van der Waals surface area contributed by atoms with Crippen molar-refractivity contribution >= 4 is 18.1 Å². The zero-order valence-electron chi connectivity index (χ0n) is 17.9. The molecule has 9 nitrogen and oxygen atoms in total. The maximum absolute atomic E-state index is 12.4. The van der Waals surface area contributed by atoms with Crippen LogP contribution in [0.25, 0.3) is 0 Å². The molecule has 1 aliphatic rings. The van der Waals surface area contributed by atoms with Gasteiger partial charge in [0.25, 0.3) is 5.91 Å². The van der Waals surface area contributed by atoms with Crippen LogP contribution in [0.2, 0.25) is 0 Å². The summed E-state index contributed by atoms with van der Waals surface area (Å²) < 4.78 is 26.3. The van der Waals surface area contributed by atoms with Gasteiger partial charge in [0.2, 0.25) is 6.79 Å². The summed E-state index contributed by atoms with van der Waals surface area (Å²) in [6.07, 6.45) is 1.48. The first-order valence-corrected chi connectivity index (χ1v) is 9.84. The Bertz CT molecular complexity index is 1210. The molecule has 3 aromatic carbocycles. The summed E-state index contributed by atoms with van der Waals surface area (Å²) in [4.78, 5) is 24.6. The normalized spacial score (nSPS) is 11.8. The Morgan fingerprint density at radius 2 is 1.61 bits per heavy atom. The summed E-state index contributed by atoms with van der Waals surface area (Å²) in [6.45, 7) is 0.137. The van der Waals surface area contributed by atoms with E-state index in [1.807, 2.05) is 0 Å². The highest BCUT2D eigenvalue weighted by Gasteiger charge is 2.16. The van der Waals surface area contributed by atoms with Crippen LogP contribution >= 0.6 is 0 Å². The number of hydrogen-bond acceptors (Lipinski definition) is 8. The molecule has 0 aliphatic carbocycles. The predicted octanol–water partition coefficient (Wildman–Crippen LogP) is 3.42. The van der Waals surface area contributed by atoms with Crippen molar-refractivity contribution in [3.05, 3.63) is 77.4 Å². The van der Waals surface area contributed by atoms with Crippen LogP contribution in [0.5, 0.6) is 28.7 Å². The average molecular weight is 448 g/mol. The Morgan fingerprint density at radius 3 is 2.36 bits per heavy atom. The first-order chi connectivity index (χ1) is 16.1. The highest BCUT2D eigenvalue weighted by atomic mass is 16.7. The lowest BCUT2D eigenvalue weighted by Crippen LogP contribution is -2.17. The summed E-state index contributed by atoms with van der Waals surface area (Å²) in [6, 6.07) is 16.3. The van der Waals surface area contributed by atoms with Crippen molar-refractivity contribution in [2.24, 2.45) is 5.10 Å². The molecule has 0 atom stereocenters. The van der Waals surface area contributed by atoms with E-state index in [-0.39, 0.29) is 12.7 Å². The number of carbonyl (C=O) groups is 2. The third kappa shape index (κ3) is 5.04. The zero-order chi connectivity index (χ0) is 23.2. The maximum atomic E-state index is 12.4. The lowest BCUT2D eigenvalue weighted by atomic mass is 10.2. The Balaban J connectivity index is 1.34. The molecule has 0 spiro atoms. The second-order valence-electron chi connectivity index (χ2n) is 6.80. The second kappa shape index (κ2) is 9.73. The van der Waals surface area contributed by atoms with Gasteiger partial charge in [-0.15, -0.1) is 0 Å². The van der Waals surface area contributed by atoms with Crippen LogP contribution in [0.15, 0.2) is 65.8 Å². The van der Waals surface area contributed by atoms with Crippen LogP contribution in [0.1, 0.15) is 26.3 Å². The summed E-state index contributed by atoms with van der Waals surface area (Å²) in [5.74, 6) is 1.51. The van der Waals surface area contributed by atoms with Gasteiger partial charge in [-0.3, -0.25) is 4.79 Å². The summed E-state index contributed by atoms with van der Waals surface area (Å²) in [5, 5.41) is 3.95. The summed E-state index contributed by atoms with van der Waals surface area (Å²) >= 11 is 0. The predicted molar refractivity (Wildman–Crippen MR) is 119 cm³/mol. The van der Waals surface area contributed by atoms with E-state index in [4.69, 9.17) is 23.7 Å². The van der Waals surface area contributed by atoms with Gasteiger partial charge in [-0.1, -0.05) is 0 Å². The molecule has 1 amide bonds. The summed E-state index contributed by atoms with van der Waals surface area (Å²) in [7, 11) is 3.01. The molecule has 0 saturated heterocycles. The maximum Gasteiger partial charge on any atom is 0.343 e. The minimum Gasteiger partial charge on any atom is -0.493 e. The van der Waals surface area contributed by atoms with Crippen molar-refractivity contribution in [3.8, 4) is 28.7 Å². The number of rotatable bonds is 7. The van der Waals surface area contributed by atoms with Crippen molar-refractivity contribution in [2.75, 3.05) is 21.0 Å². The standard InChI is InChI=1S/C24H20N2O7/c1-29-19-9-6-17(12-21(19)30-2)24(28)33-18-7-3-15(4-8-18)13-25-26-23(27)16-5-10-20-22(11-16)32-14-31-20/h3-13H,14H2,1-2H3,(H,26,27). The Labute approximate surface area is 189 Å². The quantitative estimate of drug-likeness (QED) is 0.256. The number of benzene rings is 3. The number of carbonyl (C=O) groups excluding carboxylic acids is 2. The lowest BCUT2D eigenvalue weighted by molar-refractivity contribution is 0.0734. The number of nitrogens with zero attached hydrogens (tertiary/aromatic N) is 1. The molecule has 0 fully saturated rings. The molecule has 1 heterocycles. The molecule has 9 heteroatoms. The minimum absolute atomic E-state index is 0.137. The number of methoxy groups -OCH3 is 2. The van der Waals surface area contributed by atoms with E-state index in [9.17, 15) is 9.59 Å². The van der Waals surface area contributed by atoms with E-state index < -0.39 is 5.97 Å². The monoisotopic (exact) mass is 448 g/mol. The van der Waals surface area contributed by atoms with Crippen LogP contribution in [-0.4, -0.2) is 39.1 Å². The van der Waals surface area contributed by atoms with E-state index in [1.54, 1.807) is 60.7 Å². The lowest BCUT2D eigenvalue weighted by Gasteiger charge is -2.09. The van der Waals surface area contributed by atoms with E-state index in [1.165, 1.54) is 20.4 Å². The van der Waals surface area contributed by atoms with Crippen molar-refractivity contribution in [3.63, 3.8) is 0 Å². The van der Waals surface area contributed by atoms with Crippen molar-refractivity contribution in [1.82, 2.24) is 5.43 Å². The highest BCUT2D eigenvalue weighted by molar-refractivity contribution is 5.95. The number of fused-ring (bicyclic) bond motifs is 1. The molecular weight excluding hydrogens is 428 g/mol. The third-order valence-corrected chi connectivity index (χ3v) is 4.72. The van der Waals surface area contributed by atoms with Gasteiger partial charge >= 0.3 is 5.97 Å². The van der Waals surface area contributed by atoms with Crippen LogP contribution in [0, 0.1) is 0 Å². The Morgan fingerprint density at radius 1 is 0.879 bits per heavy atom. The molecular formula is C24H20N2O7. The molecule has 0 saturated carbocycles. The fraction of sp³-hybridized carbons (Fsp3) is 0.125. The van der Waals surface area contributed by atoms with Crippen molar-refractivity contribution in [2.45, 2.75) is 0 Å². The number of hydrogen-bond donors (Lipinski definition) is 1. The number of hydrazone groups is 1. The molecule has 1 aliphatic heterocycles. The van der Waals surface area contributed by atoms with E-state index in [0.29, 0.717) is 45.4 Å². The van der Waals surface area contributed by atoms with Gasteiger partial charge < -0.3 is 23.7 Å². The average Bonchev–Trinajstić information content (AvgIpc) is 3.32. The second-order valence-corrected chi connectivity index (χ2v) is 6.80. The van der Waals surface area contributed by atoms with Crippen molar-refractivity contribution in [1.29, 1.82) is 0 Å². The van der Waals surface area contributed by atoms with Gasteiger partial charge in [0.05, 0.1) is 26.0 Å². The van der Waals surface area contributed by atoms with E-state index >= 15 is 0 Å². The number of nitrogens with one attached hydrogen (secondary N) is 1. The molecule has 4 rings (SSSR count). The molecule has 33 heavy (non-hydrogen) atoms. The van der Waals surface area contributed by atoms with Gasteiger partial charge in [0, 0.05) is 5.56 Å². The van der Waals surface area contributed by atoms with Gasteiger partial charge in [-0.05, 0) is 66.2 Å². The summed E-state index contributed by atoms with van der Waals surface area (Å²) in [5.41, 5.74) is 3.88. The molecule has 3 aromatic rings. The van der Waals surface area contributed by atoms with E-state index in [2.05, 4.69) is 10.5 Å². The molecule has 0 radical (unpaired) electrons. The first-order valence-electron chi connectivity index (χ1n) is 9.84. The zero-order valence-corrected chi connectivity index (χ0v) is 17.9. The Hall–Kier alpha value is -4.53. The number of amides is 1. The van der Waals surface area contributed by atoms with E-state index in [0.717, 1.165) is 0 Å². The molecule has 1 N–H and O–H groups in total. The van der Waals surface area contributed by atoms with Gasteiger partial charge in [0.15, 0.2) is 23.0 Å². The Kier molecular flexibility index (Phi) is 6.40. The topological polar surface area (TPSA) is 105 Å². The third-order valence-electron chi connectivity index (χ3n) is 4.72. The van der Waals surface area contributed by atoms with Gasteiger partial charge in [0.1, 0.15) is 5.75 Å². The number of esters is 1. The molecule has 0 bridgehead atoms. The first kappa shape index (κ1) is 21.7. The van der Waals surface area contributed by atoms with Crippen LogP contribution in [-0.2, 0) is 0 Å². The van der Waals surface area contributed by atoms with Gasteiger partial charge in [-0.2, -0.15) is 5.10 Å². The minimum atomic E-state index is -0.534. The number of ether oxygens (including phenoxy) is 5. The van der Waals surface area contributed by atoms with Crippen LogP contribution in [0.4, 0.5) is 0 Å². The smallest absolute Gasteiger partial charge is 0.343 e. The SMILES string of the molecule is COc1ccc(C(=O)Oc2ccc(C=NNC(=O)c3ccc4c(c3)OCO4)cc2)cc1OC. The molecule has 168 valence electrons. The largest absolute Gasteiger partial charge is 0.493 e. The fourth-order valence-corrected chi connectivity index (χ4v) is 3.02. The highest BCUT2D eigenvalue weighted by Crippen LogP contribution is 2.32. The van der Waals surface area contributed by atoms with Crippen LogP contribution < -0.4 is 29.1 Å². The molecule has 0 unspecified atom stereocenters. The molecule has 0 aromatic heterocycles. The van der Waals surface area contributed by atoms with Crippen molar-refractivity contribution < 1.29 is 33.3 Å².